The number of carbonyl (C=O) groups is 2. The van der Waals surface area contributed by atoms with Crippen LogP contribution < -0.4 is 0 Å². The van der Waals surface area contributed by atoms with Crippen LogP contribution in [0.4, 0.5) is 0 Å². The summed E-state index contributed by atoms with van der Waals surface area (Å²) in [5, 5.41) is 151. The Labute approximate surface area is 439 Å². The fraction of sp³-hybridized carbons (Fsp3) is 0.882. The number of carbonyl (C=O) groups excluding carboxylic acids is 2. The zero-order valence-electron chi connectivity index (χ0n) is 42.3. The van der Waals surface area contributed by atoms with E-state index in [-0.39, 0.29) is 43.9 Å². The Kier molecular flexibility index (Phi) is 21.1. The largest absolute Gasteiger partial charge is 0.460 e. The van der Waals surface area contributed by atoms with Crippen molar-refractivity contribution in [2.75, 3.05) is 19.8 Å². The van der Waals surface area contributed by atoms with Crippen molar-refractivity contribution in [1.29, 1.82) is 0 Å². The van der Waals surface area contributed by atoms with E-state index in [2.05, 4.69) is 0 Å². The van der Waals surface area contributed by atoms with Crippen LogP contribution in [-0.4, -0.2) is 255 Å². The van der Waals surface area contributed by atoms with E-state index < -0.39 is 191 Å². The Morgan fingerprint density at radius 1 is 0.474 bits per heavy atom. The number of fused-ring (bicyclic) bond motifs is 1. The molecule has 25 nitrogen and oxygen atoms in total. The number of hydrogen-bond donors (Lipinski definition) is 14. The molecule has 25 heteroatoms. The van der Waals surface area contributed by atoms with Gasteiger partial charge in [0.1, 0.15) is 92.6 Å². The maximum atomic E-state index is 13.0. The summed E-state index contributed by atoms with van der Waals surface area (Å²) >= 11 is 0. The van der Waals surface area contributed by atoms with Crippen molar-refractivity contribution in [2.24, 2.45) is 23.7 Å². The van der Waals surface area contributed by atoms with Crippen molar-refractivity contribution in [3.05, 3.63) is 24.3 Å². The van der Waals surface area contributed by atoms with E-state index in [4.69, 9.17) is 42.6 Å². The molecular weight excluding hydrogens is 1010 g/mol. The van der Waals surface area contributed by atoms with Crippen LogP contribution in [0.2, 0.25) is 0 Å². The number of ether oxygens (including phenoxy) is 9. The maximum absolute atomic E-state index is 13.0. The lowest BCUT2D eigenvalue weighted by atomic mass is 9.72. The summed E-state index contributed by atoms with van der Waals surface area (Å²) in [4.78, 5) is 25.8. The lowest BCUT2D eigenvalue weighted by Gasteiger charge is -2.50. The van der Waals surface area contributed by atoms with Crippen molar-refractivity contribution in [3.8, 4) is 0 Å². The van der Waals surface area contributed by atoms with Gasteiger partial charge in [-0.1, -0.05) is 12.2 Å². The summed E-state index contributed by atoms with van der Waals surface area (Å²) in [6.07, 6.45) is -22.3. The van der Waals surface area contributed by atoms with E-state index in [1.165, 1.54) is 12.2 Å². The van der Waals surface area contributed by atoms with Gasteiger partial charge >= 0.3 is 11.9 Å². The summed E-state index contributed by atoms with van der Waals surface area (Å²) in [5.74, 6) is -2.66. The third-order valence-corrected chi connectivity index (χ3v) is 16.9. The summed E-state index contributed by atoms with van der Waals surface area (Å²) in [6, 6.07) is 0. The highest BCUT2D eigenvalue weighted by molar-refractivity contribution is 5.82. The molecule has 434 valence electrons. The molecule has 0 aromatic carbocycles. The van der Waals surface area contributed by atoms with Crippen LogP contribution in [0.1, 0.15) is 89.9 Å². The third kappa shape index (κ3) is 14.5. The molecule has 0 radical (unpaired) electrons. The molecule has 0 aromatic heterocycles. The number of aliphatic hydroxyl groups excluding tert-OH is 14. The highest BCUT2D eigenvalue weighted by Crippen LogP contribution is 2.44. The van der Waals surface area contributed by atoms with Crippen molar-refractivity contribution < 1.29 is 124 Å². The predicted octanol–water partition coefficient (Wildman–Crippen LogP) is -4.54. The molecule has 0 aromatic rings. The molecular formula is C51H81O25+. The maximum Gasteiger partial charge on any atom is 0.330 e. The molecule has 4 aliphatic heterocycles. The average Bonchev–Trinajstić information content (AvgIpc) is 3.41. The standard InChI is InChI=1S/C51H80O25/c52-19-34-39(60)42(63)45(66)49(73-34)71-32-17-27(55)16-31-28(32)18-33(47(70-31)24-7-12-29(56)30(57)15-24)72-51-48(44(65)41(62)36(75-51)21-69-38(59)14-6-23-3-10-26(54)11-4-23)76-50-46(67)43(64)40(61)35(74-50)20-68-37(58)13-5-22-1-8-25(53)9-2-22/h5-6,13-14,22-36,39-57,60-67H,1-4,7-12,15-21H2/p+1/t22?,23?,24?,25?,26?,27?,28?,29?,30?,31?,32?,33?,34-,35-,36-,39-,40-,41-,42+,43+,44+,45-,46-,47?,48-,49-,50+,51-/m1/s1. The van der Waals surface area contributed by atoms with Gasteiger partial charge in [-0.25, -0.2) is 9.59 Å². The SMILES string of the molecule is O=C(C=CC1CCC(O)CC1)OC[C@H]1O[C@@H](O[C@H]2[C@H](OC3CC4C(O[C@@H]5O[C@H](CO)[C@@H](O)[C@H](O)[C@H]5O)CC(O)CC4[OH+]C3C3CCC(O)C(O)C3)O[C@H](COC(=O)C=CC3CCC(O)CC3)[C@@H](O)[C@@H]2O)[C@H](O)[C@@H](O)[C@@H]1O. The van der Waals surface area contributed by atoms with Gasteiger partial charge in [0.05, 0.1) is 49.1 Å². The second kappa shape index (κ2) is 26.9. The molecule has 4 aliphatic carbocycles. The minimum absolute atomic E-state index is 0.0184. The Hall–Kier alpha value is -2.42. The first-order valence-corrected chi connectivity index (χ1v) is 27.1. The van der Waals surface area contributed by atoms with E-state index >= 15 is 0 Å². The zero-order valence-corrected chi connectivity index (χ0v) is 42.3. The molecule has 15 N–H and O–H groups in total. The first kappa shape index (κ1) is 59.7. The van der Waals surface area contributed by atoms with Crippen LogP contribution in [0.15, 0.2) is 24.3 Å². The second-order valence-electron chi connectivity index (χ2n) is 22.2. The van der Waals surface area contributed by atoms with Gasteiger partial charge in [0, 0.05) is 30.9 Å². The van der Waals surface area contributed by atoms with Gasteiger partial charge in [0.2, 0.25) is 0 Å². The fourth-order valence-corrected chi connectivity index (χ4v) is 12.2. The molecule has 8 rings (SSSR count). The molecule has 24 atom stereocenters. The Morgan fingerprint density at radius 2 is 0.974 bits per heavy atom. The number of hydrogen-bond acceptors (Lipinski definition) is 24. The molecule has 8 fully saturated rings. The van der Waals surface area contributed by atoms with Crippen LogP contribution in [0.3, 0.4) is 0 Å². The average molecular weight is 1090 g/mol. The molecule has 4 saturated carbocycles. The molecule has 76 heavy (non-hydrogen) atoms. The molecule has 0 amide bonds. The monoisotopic (exact) mass is 1090 g/mol. The van der Waals surface area contributed by atoms with Gasteiger partial charge in [-0.3, -0.25) is 0 Å². The van der Waals surface area contributed by atoms with Crippen LogP contribution in [0, 0.1) is 23.7 Å². The molecule has 9 unspecified atom stereocenters. The van der Waals surface area contributed by atoms with E-state index in [1.54, 1.807) is 12.2 Å². The molecule has 0 bridgehead atoms. The van der Waals surface area contributed by atoms with Crippen LogP contribution in [0.25, 0.3) is 0 Å². The van der Waals surface area contributed by atoms with Crippen LogP contribution >= 0.6 is 0 Å². The predicted molar refractivity (Wildman–Crippen MR) is 254 cm³/mol. The fourth-order valence-electron chi connectivity index (χ4n) is 12.2. The summed E-state index contributed by atoms with van der Waals surface area (Å²) in [7, 11) is 0. The quantitative estimate of drug-likeness (QED) is 0.0393. The van der Waals surface area contributed by atoms with Gasteiger partial charge in [0.25, 0.3) is 0 Å². The van der Waals surface area contributed by atoms with Gasteiger partial charge in [-0.05, 0) is 88.9 Å². The molecule has 8 aliphatic rings. The third-order valence-electron chi connectivity index (χ3n) is 16.9. The molecule has 4 saturated heterocycles. The number of allylic oxidation sites excluding steroid dienone is 2. The highest BCUT2D eigenvalue weighted by Gasteiger charge is 2.58. The number of aliphatic hydroxyl groups is 16. The molecule has 0 spiro atoms. The topological polar surface area (TPSA) is 404 Å². The zero-order chi connectivity index (χ0) is 54.5. The first-order chi connectivity index (χ1) is 36.3. The van der Waals surface area contributed by atoms with E-state index in [0.29, 0.717) is 57.8 Å². The number of esters is 2. The summed E-state index contributed by atoms with van der Waals surface area (Å²) in [5.41, 5.74) is 0. The van der Waals surface area contributed by atoms with Gasteiger partial charge < -0.3 is 114 Å². The van der Waals surface area contributed by atoms with Crippen molar-refractivity contribution in [3.63, 3.8) is 0 Å². The normalized spacial score (nSPS) is 48.6. The van der Waals surface area contributed by atoms with Crippen molar-refractivity contribution >= 4 is 11.9 Å². The second-order valence-corrected chi connectivity index (χ2v) is 22.2. The first-order valence-electron chi connectivity index (χ1n) is 27.1. The summed E-state index contributed by atoms with van der Waals surface area (Å²) < 4.78 is 53.2. The van der Waals surface area contributed by atoms with E-state index in [1.807, 2.05) is 0 Å². The highest BCUT2D eigenvalue weighted by atomic mass is 16.8. The lowest BCUT2D eigenvalue weighted by molar-refractivity contribution is -0.390. The minimum Gasteiger partial charge on any atom is -0.460 e. The van der Waals surface area contributed by atoms with Gasteiger partial charge in [-0.2, -0.15) is 0 Å². The Bertz CT molecular complexity index is 1900. The van der Waals surface area contributed by atoms with E-state index in [9.17, 15) is 81.1 Å². The summed E-state index contributed by atoms with van der Waals surface area (Å²) in [6.45, 7) is -1.99. The minimum atomic E-state index is -2.02. The van der Waals surface area contributed by atoms with Gasteiger partial charge in [0.15, 0.2) is 31.1 Å². The van der Waals surface area contributed by atoms with E-state index in [0.717, 1.165) is 0 Å². The lowest BCUT2D eigenvalue weighted by Crippen LogP contribution is -2.66. The number of rotatable bonds is 16. The van der Waals surface area contributed by atoms with Gasteiger partial charge in [-0.15, -0.1) is 0 Å². The smallest absolute Gasteiger partial charge is 0.330 e. The Morgan fingerprint density at radius 3 is 1.53 bits per heavy atom. The van der Waals surface area contributed by atoms with Crippen molar-refractivity contribution in [1.82, 2.24) is 0 Å². The Balaban J connectivity index is 1.04. The molecule has 4 heterocycles. The van der Waals surface area contributed by atoms with Crippen LogP contribution in [-0.2, 0) is 47.5 Å². The van der Waals surface area contributed by atoms with Crippen LogP contribution in [0.5, 0.6) is 0 Å². The van der Waals surface area contributed by atoms with Crippen molar-refractivity contribution in [2.45, 2.75) is 237 Å².